The van der Waals surface area contributed by atoms with E-state index in [4.69, 9.17) is 0 Å². The smallest absolute Gasteiger partial charge is 0.155 e. The van der Waals surface area contributed by atoms with Crippen LogP contribution in [0.4, 0.5) is 0 Å². The second kappa shape index (κ2) is 5.79. The predicted octanol–water partition coefficient (Wildman–Crippen LogP) is 2.28. The predicted molar refractivity (Wildman–Crippen MR) is 80.4 cm³/mol. The molecule has 0 unspecified atom stereocenters. The van der Waals surface area contributed by atoms with Crippen molar-refractivity contribution in [1.29, 1.82) is 0 Å². The van der Waals surface area contributed by atoms with Crippen LogP contribution in [0.15, 0.2) is 23.2 Å². The Labute approximate surface area is 126 Å². The molecule has 0 spiro atoms. The molecule has 0 bridgehead atoms. The molecule has 1 fully saturated rings. The lowest BCUT2D eigenvalue weighted by molar-refractivity contribution is 0.00460. The fourth-order valence-electron chi connectivity index (χ4n) is 2.86. The van der Waals surface area contributed by atoms with E-state index in [1.807, 2.05) is 16.8 Å². The maximum Gasteiger partial charge on any atom is 0.155 e. The summed E-state index contributed by atoms with van der Waals surface area (Å²) in [6.07, 6.45) is 10.8. The van der Waals surface area contributed by atoms with E-state index in [1.165, 1.54) is 6.42 Å². The summed E-state index contributed by atoms with van der Waals surface area (Å²) in [6, 6.07) is 0. The van der Waals surface area contributed by atoms with Gasteiger partial charge in [0, 0.05) is 19.3 Å². The molecule has 2 aromatic heterocycles. The highest BCUT2D eigenvalue weighted by molar-refractivity contribution is 9.10. The van der Waals surface area contributed by atoms with Crippen molar-refractivity contribution in [3.05, 3.63) is 28.9 Å². The summed E-state index contributed by atoms with van der Waals surface area (Å²) in [5, 5.41) is 13.8. The normalized spacial score (nSPS) is 18.5. The van der Waals surface area contributed by atoms with E-state index in [1.54, 1.807) is 6.20 Å². The van der Waals surface area contributed by atoms with Gasteiger partial charge in [0.2, 0.25) is 0 Å². The van der Waals surface area contributed by atoms with Crippen LogP contribution in [0.3, 0.4) is 0 Å². The van der Waals surface area contributed by atoms with Crippen molar-refractivity contribution in [1.82, 2.24) is 19.7 Å². The molecule has 2 heterocycles. The first-order valence-electron chi connectivity index (χ1n) is 7.07. The van der Waals surface area contributed by atoms with Gasteiger partial charge in [0.15, 0.2) is 5.65 Å². The summed E-state index contributed by atoms with van der Waals surface area (Å²) in [7, 11) is 0. The number of fused-ring (bicyclic) bond motifs is 1. The Balaban J connectivity index is 1.63. The summed E-state index contributed by atoms with van der Waals surface area (Å²) in [5.74, 6) is 0. The zero-order valence-corrected chi connectivity index (χ0v) is 12.9. The van der Waals surface area contributed by atoms with E-state index >= 15 is 0 Å². The number of imidazole rings is 1. The van der Waals surface area contributed by atoms with Gasteiger partial charge in [0.1, 0.15) is 4.60 Å². The van der Waals surface area contributed by atoms with Gasteiger partial charge in [-0.05, 0) is 28.8 Å². The van der Waals surface area contributed by atoms with Crippen molar-refractivity contribution in [3.63, 3.8) is 0 Å². The summed E-state index contributed by atoms with van der Waals surface area (Å²) in [4.78, 5) is 8.48. The van der Waals surface area contributed by atoms with Crippen LogP contribution in [0.5, 0.6) is 0 Å². The Bertz CT molecular complexity index is 592. The van der Waals surface area contributed by atoms with Crippen molar-refractivity contribution in [2.24, 2.45) is 0 Å². The lowest BCUT2D eigenvalue weighted by atomic mass is 9.85. The van der Waals surface area contributed by atoms with Crippen molar-refractivity contribution in [3.8, 4) is 0 Å². The number of halogens is 1. The standard InChI is InChI=1S/C14H19BrN4O/c15-12-9-19-11(7-18-13(19)8-17-12)6-16-10-14(20)4-2-1-3-5-14/h7-9,16,20H,1-6,10H2. The van der Waals surface area contributed by atoms with E-state index < -0.39 is 5.60 Å². The lowest BCUT2D eigenvalue weighted by Gasteiger charge is -2.32. The van der Waals surface area contributed by atoms with Gasteiger partial charge in [-0.2, -0.15) is 0 Å². The van der Waals surface area contributed by atoms with Crippen LogP contribution >= 0.6 is 15.9 Å². The van der Waals surface area contributed by atoms with Gasteiger partial charge < -0.3 is 10.4 Å². The summed E-state index contributed by atoms with van der Waals surface area (Å²) in [5.41, 5.74) is 1.38. The average Bonchev–Trinajstić information content (AvgIpc) is 2.82. The highest BCUT2D eigenvalue weighted by atomic mass is 79.9. The first-order chi connectivity index (χ1) is 9.66. The molecule has 1 aliphatic carbocycles. The molecule has 0 radical (unpaired) electrons. The van der Waals surface area contributed by atoms with E-state index in [9.17, 15) is 5.11 Å². The molecule has 2 aromatic rings. The number of hydrogen-bond acceptors (Lipinski definition) is 4. The first kappa shape index (κ1) is 14.0. The molecule has 0 aliphatic heterocycles. The second-order valence-corrected chi connectivity index (χ2v) is 6.39. The highest BCUT2D eigenvalue weighted by Gasteiger charge is 2.28. The fraction of sp³-hybridized carbons (Fsp3) is 0.571. The minimum absolute atomic E-state index is 0.527. The Morgan fingerprint density at radius 2 is 2.05 bits per heavy atom. The van der Waals surface area contributed by atoms with Gasteiger partial charge >= 0.3 is 0 Å². The third-order valence-corrected chi connectivity index (χ3v) is 4.40. The maximum atomic E-state index is 10.5. The van der Waals surface area contributed by atoms with Crippen LogP contribution in [0.1, 0.15) is 37.8 Å². The zero-order valence-electron chi connectivity index (χ0n) is 11.3. The minimum Gasteiger partial charge on any atom is -0.389 e. The second-order valence-electron chi connectivity index (χ2n) is 5.58. The molecule has 6 heteroatoms. The van der Waals surface area contributed by atoms with Crippen molar-refractivity contribution in [2.45, 2.75) is 44.2 Å². The molecular weight excluding hydrogens is 320 g/mol. The van der Waals surface area contributed by atoms with Crippen LogP contribution in [0.2, 0.25) is 0 Å². The molecule has 0 amide bonds. The lowest BCUT2D eigenvalue weighted by Crippen LogP contribution is -2.42. The number of aliphatic hydroxyl groups is 1. The topological polar surface area (TPSA) is 62.5 Å². The molecule has 5 nitrogen and oxygen atoms in total. The van der Waals surface area contributed by atoms with E-state index in [-0.39, 0.29) is 0 Å². The molecule has 3 rings (SSSR count). The molecule has 2 N–H and O–H groups in total. The van der Waals surface area contributed by atoms with Gasteiger partial charge in [0.25, 0.3) is 0 Å². The highest BCUT2D eigenvalue weighted by Crippen LogP contribution is 2.27. The Morgan fingerprint density at radius 3 is 2.85 bits per heavy atom. The minimum atomic E-state index is -0.527. The maximum absolute atomic E-state index is 10.5. The number of hydrogen-bond donors (Lipinski definition) is 2. The molecule has 20 heavy (non-hydrogen) atoms. The Kier molecular flexibility index (Phi) is 4.05. The molecular formula is C14H19BrN4O. The summed E-state index contributed by atoms with van der Waals surface area (Å²) >= 11 is 3.37. The molecule has 108 valence electrons. The number of nitrogens with one attached hydrogen (secondary N) is 1. The van der Waals surface area contributed by atoms with Gasteiger partial charge in [-0.25, -0.2) is 9.97 Å². The third-order valence-electron chi connectivity index (χ3n) is 3.99. The Morgan fingerprint density at radius 1 is 1.25 bits per heavy atom. The quantitative estimate of drug-likeness (QED) is 0.897. The van der Waals surface area contributed by atoms with Crippen LogP contribution in [0.25, 0.3) is 5.65 Å². The van der Waals surface area contributed by atoms with E-state index in [2.05, 4.69) is 31.2 Å². The first-order valence-corrected chi connectivity index (χ1v) is 7.86. The zero-order chi connectivity index (χ0) is 14.0. The van der Waals surface area contributed by atoms with Gasteiger partial charge in [0.05, 0.1) is 23.7 Å². The van der Waals surface area contributed by atoms with Crippen molar-refractivity contribution >= 4 is 21.6 Å². The SMILES string of the molecule is OC1(CNCc2cnc3cnc(Br)cn23)CCCCC1. The number of nitrogens with zero attached hydrogens (tertiary/aromatic N) is 3. The van der Waals surface area contributed by atoms with Crippen LogP contribution in [-0.2, 0) is 6.54 Å². The van der Waals surface area contributed by atoms with Crippen molar-refractivity contribution in [2.75, 3.05) is 6.54 Å². The Hall–Kier alpha value is -0.980. The van der Waals surface area contributed by atoms with Crippen molar-refractivity contribution < 1.29 is 5.11 Å². The molecule has 0 saturated heterocycles. The van der Waals surface area contributed by atoms with E-state index in [0.29, 0.717) is 13.1 Å². The van der Waals surface area contributed by atoms with Gasteiger partial charge in [-0.15, -0.1) is 0 Å². The average molecular weight is 339 g/mol. The molecule has 0 atom stereocenters. The van der Waals surface area contributed by atoms with Gasteiger partial charge in [-0.3, -0.25) is 4.40 Å². The monoisotopic (exact) mass is 338 g/mol. The number of rotatable bonds is 4. The van der Waals surface area contributed by atoms with Crippen LogP contribution in [0, 0.1) is 0 Å². The molecule has 1 aliphatic rings. The van der Waals surface area contributed by atoms with Crippen LogP contribution < -0.4 is 5.32 Å². The molecule has 0 aromatic carbocycles. The fourth-order valence-corrected chi connectivity index (χ4v) is 3.16. The summed E-state index contributed by atoms with van der Waals surface area (Å²) in [6.45, 7) is 1.34. The van der Waals surface area contributed by atoms with Crippen LogP contribution in [-0.4, -0.2) is 31.6 Å². The third kappa shape index (κ3) is 3.02. The largest absolute Gasteiger partial charge is 0.389 e. The summed E-state index contributed by atoms with van der Waals surface area (Å²) < 4.78 is 2.80. The van der Waals surface area contributed by atoms with E-state index in [0.717, 1.165) is 41.6 Å². The molecule has 1 saturated carbocycles. The number of aromatic nitrogens is 3. The van der Waals surface area contributed by atoms with Gasteiger partial charge in [-0.1, -0.05) is 19.3 Å².